The van der Waals surface area contributed by atoms with Gasteiger partial charge in [0.25, 0.3) is 0 Å². The van der Waals surface area contributed by atoms with Gasteiger partial charge in [-0.1, -0.05) is 30.3 Å². The number of carbonyl (C=O) groups is 3. The molecule has 5 nitrogen and oxygen atoms in total. The minimum Gasteiger partial charge on any atom is -0.346 e. The first-order valence-electron chi connectivity index (χ1n) is 7.90. The fourth-order valence-electron chi connectivity index (χ4n) is 2.22. The third kappa shape index (κ3) is 5.84. The Bertz CT molecular complexity index is 745. The molecule has 0 aromatic heterocycles. The summed E-state index contributed by atoms with van der Waals surface area (Å²) >= 11 is 0. The van der Waals surface area contributed by atoms with E-state index in [4.69, 9.17) is 0 Å². The van der Waals surface area contributed by atoms with Crippen LogP contribution in [0.3, 0.4) is 0 Å². The van der Waals surface area contributed by atoms with E-state index in [1.54, 1.807) is 37.3 Å². The normalized spacial score (nSPS) is 11.4. The van der Waals surface area contributed by atoms with Crippen LogP contribution in [0.5, 0.6) is 0 Å². The lowest BCUT2D eigenvalue weighted by atomic mass is 10.1. The number of benzene rings is 2. The van der Waals surface area contributed by atoms with Crippen molar-refractivity contribution in [2.24, 2.45) is 0 Å². The first kappa shape index (κ1) is 18.3. The summed E-state index contributed by atoms with van der Waals surface area (Å²) in [6.07, 6.45) is -0.0745. The van der Waals surface area contributed by atoms with Crippen LogP contribution in [0.25, 0.3) is 0 Å². The highest BCUT2D eigenvalue weighted by molar-refractivity contribution is 6.02. The molecule has 2 aromatic rings. The van der Waals surface area contributed by atoms with E-state index >= 15 is 0 Å². The molecule has 0 saturated carbocycles. The first-order chi connectivity index (χ1) is 12.0. The zero-order chi connectivity index (χ0) is 18.2. The lowest BCUT2D eigenvalue weighted by molar-refractivity contribution is -0.124. The van der Waals surface area contributed by atoms with E-state index in [0.717, 1.165) is 0 Å². The summed E-state index contributed by atoms with van der Waals surface area (Å²) in [5.74, 6) is -1.33. The molecule has 2 N–H and O–H groups in total. The molecule has 0 fully saturated rings. The quantitative estimate of drug-likeness (QED) is 0.760. The standard InChI is InChI=1S/C19H19FN2O3/c1-13(19(25)14-5-3-2-4-6-14)21-17(23)11-12-18(24)22-16-9-7-15(20)8-10-16/h2-10,13H,11-12H2,1H3,(H,21,23)(H,22,24)/t13-/m1/s1. The van der Waals surface area contributed by atoms with E-state index in [0.29, 0.717) is 11.3 Å². The van der Waals surface area contributed by atoms with Crippen molar-refractivity contribution in [3.05, 3.63) is 66.0 Å². The number of halogens is 1. The molecule has 0 bridgehead atoms. The summed E-state index contributed by atoms with van der Waals surface area (Å²) in [5, 5.41) is 5.16. The molecule has 0 radical (unpaired) electrons. The highest BCUT2D eigenvalue weighted by atomic mass is 19.1. The Labute approximate surface area is 145 Å². The Balaban J connectivity index is 1.77. The van der Waals surface area contributed by atoms with Crippen LogP contribution in [-0.4, -0.2) is 23.6 Å². The highest BCUT2D eigenvalue weighted by Crippen LogP contribution is 2.09. The van der Waals surface area contributed by atoms with Crippen LogP contribution in [0.2, 0.25) is 0 Å². The van der Waals surface area contributed by atoms with Crippen molar-refractivity contribution in [1.82, 2.24) is 5.32 Å². The zero-order valence-corrected chi connectivity index (χ0v) is 13.8. The van der Waals surface area contributed by atoms with Gasteiger partial charge in [-0.15, -0.1) is 0 Å². The monoisotopic (exact) mass is 342 g/mol. The maximum Gasteiger partial charge on any atom is 0.224 e. The number of hydrogen-bond acceptors (Lipinski definition) is 3. The molecule has 1 atom stereocenters. The number of anilines is 1. The average molecular weight is 342 g/mol. The van der Waals surface area contributed by atoms with Gasteiger partial charge >= 0.3 is 0 Å². The summed E-state index contributed by atoms with van der Waals surface area (Å²) in [7, 11) is 0. The molecular weight excluding hydrogens is 323 g/mol. The number of amides is 2. The molecule has 25 heavy (non-hydrogen) atoms. The number of carbonyl (C=O) groups excluding carboxylic acids is 3. The van der Waals surface area contributed by atoms with Gasteiger partial charge in [-0.05, 0) is 31.2 Å². The van der Waals surface area contributed by atoms with Gasteiger partial charge < -0.3 is 10.6 Å². The molecule has 0 aliphatic carbocycles. The Hall–Kier alpha value is -3.02. The summed E-state index contributed by atoms with van der Waals surface area (Å²) in [6, 6.07) is 13.3. The fraction of sp³-hybridized carbons (Fsp3) is 0.211. The molecule has 2 rings (SSSR count). The van der Waals surface area contributed by atoms with Gasteiger partial charge in [-0.25, -0.2) is 4.39 Å². The summed E-state index contributed by atoms with van der Waals surface area (Å²) in [6.45, 7) is 1.60. The minimum atomic E-state index is -0.671. The topological polar surface area (TPSA) is 75.3 Å². The second-order valence-electron chi connectivity index (χ2n) is 5.57. The van der Waals surface area contributed by atoms with Crippen LogP contribution >= 0.6 is 0 Å². The van der Waals surface area contributed by atoms with E-state index in [1.807, 2.05) is 0 Å². The maximum atomic E-state index is 12.8. The van der Waals surface area contributed by atoms with Crippen LogP contribution < -0.4 is 10.6 Å². The molecule has 6 heteroatoms. The third-order valence-corrected chi connectivity index (χ3v) is 3.54. The molecule has 130 valence electrons. The van der Waals surface area contributed by atoms with Gasteiger partial charge in [0.15, 0.2) is 5.78 Å². The van der Waals surface area contributed by atoms with Gasteiger partial charge in [0, 0.05) is 24.1 Å². The van der Waals surface area contributed by atoms with Gasteiger partial charge in [-0.3, -0.25) is 14.4 Å². The predicted molar refractivity (Wildman–Crippen MR) is 92.6 cm³/mol. The second-order valence-corrected chi connectivity index (χ2v) is 5.57. The average Bonchev–Trinajstić information content (AvgIpc) is 2.62. The van der Waals surface area contributed by atoms with Crippen molar-refractivity contribution >= 4 is 23.3 Å². The highest BCUT2D eigenvalue weighted by Gasteiger charge is 2.17. The summed E-state index contributed by atoms with van der Waals surface area (Å²) in [5.41, 5.74) is 0.976. The van der Waals surface area contributed by atoms with Gasteiger partial charge in [0.05, 0.1) is 6.04 Å². The molecule has 0 saturated heterocycles. The van der Waals surface area contributed by atoms with Gasteiger partial charge in [0.1, 0.15) is 5.82 Å². The van der Waals surface area contributed by atoms with Crippen molar-refractivity contribution in [1.29, 1.82) is 0 Å². The van der Waals surface area contributed by atoms with Crippen LogP contribution in [-0.2, 0) is 9.59 Å². The molecule has 0 aliphatic rings. The molecule has 0 unspecified atom stereocenters. The van der Waals surface area contributed by atoms with Gasteiger partial charge in [-0.2, -0.15) is 0 Å². The predicted octanol–water partition coefficient (Wildman–Crippen LogP) is 2.93. The van der Waals surface area contributed by atoms with E-state index < -0.39 is 11.9 Å². The Morgan fingerprint density at radius 3 is 2.16 bits per heavy atom. The number of hydrogen-bond donors (Lipinski definition) is 2. The molecule has 0 aliphatic heterocycles. The first-order valence-corrected chi connectivity index (χ1v) is 7.90. The van der Waals surface area contributed by atoms with E-state index in [-0.39, 0.29) is 30.4 Å². The lowest BCUT2D eigenvalue weighted by Gasteiger charge is -2.13. The third-order valence-electron chi connectivity index (χ3n) is 3.54. The van der Waals surface area contributed by atoms with Crippen molar-refractivity contribution in [3.63, 3.8) is 0 Å². The SMILES string of the molecule is C[C@@H](NC(=O)CCC(=O)Nc1ccc(F)cc1)C(=O)c1ccccc1. The summed E-state index contributed by atoms with van der Waals surface area (Å²) in [4.78, 5) is 35.9. The molecular formula is C19H19FN2O3. The maximum absolute atomic E-state index is 12.8. The van der Waals surface area contributed by atoms with Crippen LogP contribution in [0.4, 0.5) is 10.1 Å². The molecule has 2 aromatic carbocycles. The van der Waals surface area contributed by atoms with Gasteiger partial charge in [0.2, 0.25) is 11.8 Å². The van der Waals surface area contributed by atoms with Crippen molar-refractivity contribution in [3.8, 4) is 0 Å². The Kier molecular flexibility index (Phi) is 6.39. The van der Waals surface area contributed by atoms with Crippen LogP contribution in [0.15, 0.2) is 54.6 Å². The van der Waals surface area contributed by atoms with Crippen molar-refractivity contribution in [2.45, 2.75) is 25.8 Å². The molecule has 2 amide bonds. The number of nitrogens with one attached hydrogen (secondary N) is 2. The smallest absolute Gasteiger partial charge is 0.224 e. The van der Waals surface area contributed by atoms with Crippen LogP contribution in [0.1, 0.15) is 30.1 Å². The summed E-state index contributed by atoms with van der Waals surface area (Å²) < 4.78 is 12.8. The zero-order valence-electron chi connectivity index (χ0n) is 13.8. The van der Waals surface area contributed by atoms with E-state index in [9.17, 15) is 18.8 Å². The molecule has 0 spiro atoms. The second kappa shape index (κ2) is 8.73. The largest absolute Gasteiger partial charge is 0.346 e. The number of rotatable bonds is 7. The van der Waals surface area contributed by atoms with Crippen molar-refractivity contribution in [2.75, 3.05) is 5.32 Å². The fourth-order valence-corrected chi connectivity index (χ4v) is 2.22. The van der Waals surface area contributed by atoms with Crippen molar-refractivity contribution < 1.29 is 18.8 Å². The Morgan fingerprint density at radius 1 is 0.920 bits per heavy atom. The van der Waals surface area contributed by atoms with E-state index in [1.165, 1.54) is 24.3 Å². The van der Waals surface area contributed by atoms with Crippen LogP contribution in [0, 0.1) is 5.82 Å². The minimum absolute atomic E-state index is 0.0323. The number of Topliss-reactive ketones (excluding diaryl/α,β-unsaturated/α-hetero) is 1. The Morgan fingerprint density at radius 2 is 1.52 bits per heavy atom. The number of ketones is 1. The van der Waals surface area contributed by atoms with E-state index in [2.05, 4.69) is 10.6 Å². The molecule has 0 heterocycles. The lowest BCUT2D eigenvalue weighted by Crippen LogP contribution is -2.38.